The minimum Gasteiger partial charge on any atom is -0.323 e. The number of hydrogen-bond acceptors (Lipinski definition) is 4. The van der Waals surface area contributed by atoms with E-state index in [4.69, 9.17) is 0 Å². The van der Waals surface area contributed by atoms with Crippen molar-refractivity contribution in [2.24, 2.45) is 5.92 Å². The average molecular weight is 342 g/mol. The third-order valence-electron chi connectivity index (χ3n) is 5.06. The van der Waals surface area contributed by atoms with E-state index in [1.54, 1.807) is 31.2 Å². The summed E-state index contributed by atoms with van der Waals surface area (Å²) in [4.78, 5) is 51.7. The van der Waals surface area contributed by atoms with Crippen LogP contribution in [0.3, 0.4) is 0 Å². The predicted octanol–water partition coefficient (Wildman–Crippen LogP) is 0.692. The smallest absolute Gasteiger partial charge is 0.323 e. The van der Waals surface area contributed by atoms with Crippen LogP contribution in [0.15, 0.2) is 24.3 Å². The predicted molar refractivity (Wildman–Crippen MR) is 88.8 cm³/mol. The van der Waals surface area contributed by atoms with Crippen LogP contribution in [-0.4, -0.2) is 47.3 Å². The monoisotopic (exact) mass is 342 g/mol. The third kappa shape index (κ3) is 2.45. The number of nitrogens with zero attached hydrogens (tertiary/aromatic N) is 2. The van der Waals surface area contributed by atoms with Gasteiger partial charge in [-0.2, -0.15) is 0 Å². The Morgan fingerprint density at radius 3 is 2.68 bits per heavy atom. The van der Waals surface area contributed by atoms with Gasteiger partial charge in [0.1, 0.15) is 18.6 Å². The van der Waals surface area contributed by atoms with E-state index >= 15 is 0 Å². The molecule has 1 aromatic carbocycles. The van der Waals surface area contributed by atoms with Gasteiger partial charge in [0.2, 0.25) is 11.8 Å². The largest absolute Gasteiger partial charge is 0.325 e. The Labute approximate surface area is 144 Å². The molecule has 0 radical (unpaired) electrons. The lowest BCUT2D eigenvalue weighted by atomic mass is 9.96. The zero-order valence-corrected chi connectivity index (χ0v) is 13.7. The highest BCUT2D eigenvalue weighted by atomic mass is 16.2. The minimum atomic E-state index is -0.922. The number of imide groups is 1. The van der Waals surface area contributed by atoms with E-state index in [-0.39, 0.29) is 30.8 Å². The Kier molecular flexibility index (Phi) is 3.31. The molecule has 4 rings (SSSR count). The van der Waals surface area contributed by atoms with Gasteiger partial charge >= 0.3 is 6.03 Å². The van der Waals surface area contributed by atoms with Crippen LogP contribution in [0.1, 0.15) is 19.8 Å². The summed E-state index contributed by atoms with van der Waals surface area (Å²) in [5, 5.41) is 5.42. The van der Waals surface area contributed by atoms with Gasteiger partial charge in [0.15, 0.2) is 0 Å². The number of benzene rings is 1. The molecular weight excluding hydrogens is 324 g/mol. The number of carbonyl (C=O) groups is 4. The highest BCUT2D eigenvalue weighted by Crippen LogP contribution is 2.42. The van der Waals surface area contributed by atoms with Crippen LogP contribution in [0.2, 0.25) is 0 Å². The average Bonchev–Trinajstić information content (AvgIpc) is 3.40. The molecule has 2 aliphatic heterocycles. The van der Waals surface area contributed by atoms with Crippen LogP contribution in [0.4, 0.5) is 16.2 Å². The van der Waals surface area contributed by atoms with E-state index in [9.17, 15) is 19.2 Å². The molecule has 8 nitrogen and oxygen atoms in total. The maximum absolute atomic E-state index is 12.7. The topological polar surface area (TPSA) is 98.8 Å². The third-order valence-corrected chi connectivity index (χ3v) is 5.06. The van der Waals surface area contributed by atoms with Crippen LogP contribution in [0.5, 0.6) is 0 Å². The van der Waals surface area contributed by atoms with E-state index < -0.39 is 17.5 Å². The van der Waals surface area contributed by atoms with Gasteiger partial charge in [0.05, 0.1) is 11.4 Å². The number of para-hydroxylation sites is 2. The summed E-state index contributed by atoms with van der Waals surface area (Å²) >= 11 is 0. The molecule has 2 N–H and O–H groups in total. The van der Waals surface area contributed by atoms with Crippen molar-refractivity contribution in [1.29, 1.82) is 0 Å². The summed E-state index contributed by atoms with van der Waals surface area (Å²) in [6.07, 6.45) is 1.79. The number of carbonyl (C=O) groups excluding carboxylic acids is 4. The maximum atomic E-state index is 12.7. The fraction of sp³-hybridized carbons (Fsp3) is 0.412. The number of rotatable bonds is 3. The van der Waals surface area contributed by atoms with Gasteiger partial charge in [0.25, 0.3) is 5.91 Å². The van der Waals surface area contributed by atoms with Gasteiger partial charge < -0.3 is 10.6 Å². The Hall–Kier alpha value is -2.90. The second-order valence-electron chi connectivity index (χ2n) is 6.84. The van der Waals surface area contributed by atoms with Crippen molar-refractivity contribution >= 4 is 35.1 Å². The van der Waals surface area contributed by atoms with Crippen molar-refractivity contribution in [3.63, 3.8) is 0 Å². The summed E-state index contributed by atoms with van der Waals surface area (Å²) in [7, 11) is 0. The normalized spacial score (nSPS) is 25.6. The fourth-order valence-electron chi connectivity index (χ4n) is 3.47. The highest BCUT2D eigenvalue weighted by Gasteiger charge is 2.56. The lowest BCUT2D eigenvalue weighted by Crippen LogP contribution is -2.49. The van der Waals surface area contributed by atoms with Crippen LogP contribution >= 0.6 is 0 Å². The molecule has 130 valence electrons. The van der Waals surface area contributed by atoms with Crippen LogP contribution in [0, 0.1) is 5.92 Å². The first kappa shape index (κ1) is 15.6. The first-order valence-corrected chi connectivity index (χ1v) is 8.23. The SMILES string of the molecule is C[C@@]1(C2CC2)NC(=O)N(CC(=O)N2CC(=O)Nc3ccccc32)C1=O. The van der Waals surface area contributed by atoms with Gasteiger partial charge in [-0.3, -0.25) is 24.2 Å². The summed E-state index contributed by atoms with van der Waals surface area (Å²) in [5.41, 5.74) is 0.172. The molecule has 1 atom stereocenters. The second kappa shape index (κ2) is 5.30. The molecular formula is C17H18N4O4. The molecule has 0 unspecified atom stereocenters. The second-order valence-corrected chi connectivity index (χ2v) is 6.84. The molecule has 0 bridgehead atoms. The molecule has 3 aliphatic rings. The molecule has 0 spiro atoms. The standard InChI is InChI=1S/C17H18N4O4/c1-17(10-6-7-10)15(24)21(16(25)19-17)9-14(23)20-8-13(22)18-11-4-2-3-5-12(11)20/h2-5,10H,6-9H2,1H3,(H,18,22)(H,19,25)/t17-/m0/s1. The number of fused-ring (bicyclic) bond motifs is 1. The number of nitrogens with one attached hydrogen (secondary N) is 2. The van der Waals surface area contributed by atoms with Crippen molar-refractivity contribution in [1.82, 2.24) is 10.2 Å². The molecule has 5 amide bonds. The molecule has 1 aromatic rings. The molecule has 2 fully saturated rings. The number of anilines is 2. The van der Waals surface area contributed by atoms with Crippen molar-refractivity contribution in [3.05, 3.63) is 24.3 Å². The van der Waals surface area contributed by atoms with Crippen molar-refractivity contribution in [3.8, 4) is 0 Å². The van der Waals surface area contributed by atoms with E-state index in [0.717, 1.165) is 17.7 Å². The van der Waals surface area contributed by atoms with Crippen LogP contribution in [-0.2, 0) is 14.4 Å². The molecule has 25 heavy (non-hydrogen) atoms. The van der Waals surface area contributed by atoms with Crippen LogP contribution < -0.4 is 15.5 Å². The lowest BCUT2D eigenvalue weighted by Gasteiger charge is -2.30. The minimum absolute atomic E-state index is 0.130. The van der Waals surface area contributed by atoms with Gasteiger partial charge in [0, 0.05) is 0 Å². The summed E-state index contributed by atoms with van der Waals surface area (Å²) in [5.74, 6) is -1.02. The zero-order chi connectivity index (χ0) is 17.8. The van der Waals surface area contributed by atoms with Gasteiger partial charge in [-0.15, -0.1) is 0 Å². The Bertz CT molecular complexity index is 804. The molecule has 0 aromatic heterocycles. The molecule has 8 heteroatoms. The Morgan fingerprint density at radius 1 is 1.24 bits per heavy atom. The van der Waals surface area contributed by atoms with Gasteiger partial charge in [-0.1, -0.05) is 12.1 Å². The summed E-state index contributed by atoms with van der Waals surface area (Å²) < 4.78 is 0. The fourth-order valence-corrected chi connectivity index (χ4v) is 3.47. The number of hydrogen-bond donors (Lipinski definition) is 2. The quantitative estimate of drug-likeness (QED) is 0.790. The molecule has 1 saturated heterocycles. The van der Waals surface area contributed by atoms with Crippen molar-refractivity contribution in [2.45, 2.75) is 25.3 Å². The van der Waals surface area contributed by atoms with E-state index in [1.165, 1.54) is 4.90 Å². The number of amides is 5. The van der Waals surface area contributed by atoms with Crippen LogP contribution in [0.25, 0.3) is 0 Å². The first-order valence-electron chi connectivity index (χ1n) is 8.23. The lowest BCUT2D eigenvalue weighted by molar-refractivity contribution is -0.134. The van der Waals surface area contributed by atoms with Crippen molar-refractivity contribution < 1.29 is 19.2 Å². The van der Waals surface area contributed by atoms with E-state index in [0.29, 0.717) is 11.4 Å². The summed E-state index contributed by atoms with van der Waals surface area (Å²) in [6.45, 7) is 1.19. The Morgan fingerprint density at radius 2 is 1.96 bits per heavy atom. The first-order chi connectivity index (χ1) is 11.9. The summed E-state index contributed by atoms with van der Waals surface area (Å²) in [6, 6.07) is 6.37. The Balaban J connectivity index is 1.56. The molecule has 2 heterocycles. The van der Waals surface area contributed by atoms with Crippen molar-refractivity contribution in [2.75, 3.05) is 23.3 Å². The highest BCUT2D eigenvalue weighted by molar-refractivity contribution is 6.14. The maximum Gasteiger partial charge on any atom is 0.325 e. The zero-order valence-electron chi connectivity index (χ0n) is 13.7. The molecule has 1 aliphatic carbocycles. The van der Waals surface area contributed by atoms with E-state index in [2.05, 4.69) is 10.6 Å². The van der Waals surface area contributed by atoms with E-state index in [1.807, 2.05) is 0 Å². The molecule has 1 saturated carbocycles. The van der Waals surface area contributed by atoms with Gasteiger partial charge in [-0.25, -0.2) is 4.79 Å². The van der Waals surface area contributed by atoms with Gasteiger partial charge in [-0.05, 0) is 37.8 Å². The number of urea groups is 1.